The van der Waals surface area contributed by atoms with E-state index >= 15 is 0 Å². The van der Waals surface area contributed by atoms with Crippen LogP contribution in [0.1, 0.15) is 26.7 Å². The van der Waals surface area contributed by atoms with Gasteiger partial charge in [-0.15, -0.1) is 0 Å². The van der Waals surface area contributed by atoms with Crippen LogP contribution in [0.4, 0.5) is 0 Å². The third kappa shape index (κ3) is 3.81. The van der Waals surface area contributed by atoms with Gasteiger partial charge >= 0.3 is 5.97 Å². The van der Waals surface area contributed by atoms with E-state index in [0.717, 1.165) is 25.9 Å². The summed E-state index contributed by atoms with van der Waals surface area (Å²) in [4.78, 5) is 24.7. The quantitative estimate of drug-likeness (QED) is 0.680. The molecule has 1 N–H and O–H groups in total. The Bertz CT molecular complexity index is 250. The standard InChI is InChI=1S/C11H20N2O3/c1-3-16-11(15)9(2)12-8-10(14)13-6-4-5-7-13/h9,12H,3-8H2,1-2H3. The zero-order valence-corrected chi connectivity index (χ0v) is 9.99. The summed E-state index contributed by atoms with van der Waals surface area (Å²) in [7, 11) is 0. The predicted molar refractivity (Wildman–Crippen MR) is 59.9 cm³/mol. The average Bonchev–Trinajstić information content (AvgIpc) is 2.79. The molecule has 0 aromatic heterocycles. The van der Waals surface area contributed by atoms with Crippen LogP contribution in [0.3, 0.4) is 0 Å². The van der Waals surface area contributed by atoms with Crippen LogP contribution in [0.5, 0.6) is 0 Å². The summed E-state index contributed by atoms with van der Waals surface area (Å²) in [5.74, 6) is -0.245. The number of carbonyl (C=O) groups is 2. The van der Waals surface area contributed by atoms with Gasteiger partial charge in [-0.3, -0.25) is 14.9 Å². The first-order valence-corrected chi connectivity index (χ1v) is 5.83. The van der Waals surface area contributed by atoms with Crippen molar-refractivity contribution in [3.05, 3.63) is 0 Å². The fourth-order valence-corrected chi connectivity index (χ4v) is 1.67. The number of likely N-dealkylation sites (tertiary alicyclic amines) is 1. The van der Waals surface area contributed by atoms with Crippen LogP contribution in [0.2, 0.25) is 0 Å². The summed E-state index contributed by atoms with van der Waals surface area (Å²) < 4.78 is 4.84. The zero-order valence-electron chi connectivity index (χ0n) is 9.99. The van der Waals surface area contributed by atoms with Crippen molar-refractivity contribution in [1.82, 2.24) is 10.2 Å². The highest BCUT2D eigenvalue weighted by atomic mass is 16.5. The van der Waals surface area contributed by atoms with Gasteiger partial charge in [0.2, 0.25) is 5.91 Å². The number of rotatable bonds is 5. The number of hydrogen-bond donors (Lipinski definition) is 1. The minimum absolute atomic E-state index is 0.0636. The molecule has 0 aromatic rings. The van der Waals surface area contributed by atoms with Crippen molar-refractivity contribution in [2.24, 2.45) is 0 Å². The van der Waals surface area contributed by atoms with Crippen LogP contribution in [0.25, 0.3) is 0 Å². The van der Waals surface area contributed by atoms with Gasteiger partial charge in [-0.2, -0.15) is 0 Å². The molecule has 1 amide bonds. The molecule has 92 valence electrons. The van der Waals surface area contributed by atoms with Crippen molar-refractivity contribution >= 4 is 11.9 Å². The highest BCUT2D eigenvalue weighted by Crippen LogP contribution is 2.06. The Balaban J connectivity index is 2.22. The number of esters is 1. The van der Waals surface area contributed by atoms with Crippen LogP contribution in [-0.4, -0.2) is 49.1 Å². The molecule has 5 nitrogen and oxygen atoms in total. The molecular formula is C11H20N2O3. The molecule has 0 saturated carbocycles. The predicted octanol–water partition coefficient (Wildman–Crippen LogP) is 0.150. The summed E-state index contributed by atoms with van der Waals surface area (Å²) in [6.07, 6.45) is 2.17. The van der Waals surface area contributed by atoms with E-state index in [1.54, 1.807) is 13.8 Å². The summed E-state index contributed by atoms with van der Waals surface area (Å²) in [6, 6.07) is -0.425. The van der Waals surface area contributed by atoms with E-state index in [1.807, 2.05) is 4.90 Å². The molecule has 1 saturated heterocycles. The van der Waals surface area contributed by atoms with E-state index in [9.17, 15) is 9.59 Å². The van der Waals surface area contributed by atoms with Gasteiger partial charge in [0, 0.05) is 13.1 Å². The van der Waals surface area contributed by atoms with Crippen molar-refractivity contribution < 1.29 is 14.3 Å². The molecule has 1 aliphatic rings. The number of amides is 1. The maximum atomic E-state index is 11.6. The smallest absolute Gasteiger partial charge is 0.322 e. The fourth-order valence-electron chi connectivity index (χ4n) is 1.67. The maximum Gasteiger partial charge on any atom is 0.322 e. The first kappa shape index (κ1) is 13.0. The summed E-state index contributed by atoms with van der Waals surface area (Å²) in [5, 5.41) is 2.88. The number of hydrogen-bond acceptors (Lipinski definition) is 4. The van der Waals surface area contributed by atoms with Crippen LogP contribution in [-0.2, 0) is 14.3 Å². The third-order valence-electron chi connectivity index (χ3n) is 2.66. The molecule has 1 unspecified atom stereocenters. The van der Waals surface area contributed by atoms with Crippen LogP contribution in [0.15, 0.2) is 0 Å². The number of nitrogens with zero attached hydrogens (tertiary/aromatic N) is 1. The van der Waals surface area contributed by atoms with Crippen LogP contribution in [0, 0.1) is 0 Å². The topological polar surface area (TPSA) is 58.6 Å². The van der Waals surface area contributed by atoms with Crippen molar-refractivity contribution in [2.45, 2.75) is 32.7 Å². The molecule has 0 radical (unpaired) electrons. The van der Waals surface area contributed by atoms with E-state index in [1.165, 1.54) is 0 Å². The van der Waals surface area contributed by atoms with Gasteiger partial charge in [0.15, 0.2) is 0 Å². The van der Waals surface area contributed by atoms with Crippen molar-refractivity contribution in [1.29, 1.82) is 0 Å². The van der Waals surface area contributed by atoms with Gasteiger partial charge in [-0.1, -0.05) is 0 Å². The van der Waals surface area contributed by atoms with Crippen molar-refractivity contribution in [3.8, 4) is 0 Å². The molecule has 1 heterocycles. The summed E-state index contributed by atoms with van der Waals surface area (Å²) in [5.41, 5.74) is 0. The first-order valence-electron chi connectivity index (χ1n) is 5.83. The van der Waals surface area contributed by atoms with Gasteiger partial charge < -0.3 is 9.64 Å². The minimum atomic E-state index is -0.425. The number of ether oxygens (including phenoxy) is 1. The number of carbonyl (C=O) groups excluding carboxylic acids is 2. The molecule has 0 aliphatic carbocycles. The molecule has 0 spiro atoms. The minimum Gasteiger partial charge on any atom is -0.465 e. The van der Waals surface area contributed by atoms with Gasteiger partial charge in [0.1, 0.15) is 6.04 Å². The summed E-state index contributed by atoms with van der Waals surface area (Å²) in [6.45, 7) is 5.72. The molecule has 1 fully saturated rings. The normalized spacial score (nSPS) is 17.2. The Kier molecular flexibility index (Phi) is 5.25. The largest absolute Gasteiger partial charge is 0.465 e. The van der Waals surface area contributed by atoms with Gasteiger partial charge in [0.05, 0.1) is 13.2 Å². The average molecular weight is 228 g/mol. The second-order valence-corrected chi connectivity index (χ2v) is 3.94. The van der Waals surface area contributed by atoms with Gasteiger partial charge in [-0.25, -0.2) is 0 Å². The van der Waals surface area contributed by atoms with Gasteiger partial charge in [-0.05, 0) is 26.7 Å². The highest BCUT2D eigenvalue weighted by Gasteiger charge is 2.20. The molecule has 0 bridgehead atoms. The molecule has 0 aromatic carbocycles. The van der Waals surface area contributed by atoms with Crippen LogP contribution >= 0.6 is 0 Å². The van der Waals surface area contributed by atoms with Crippen molar-refractivity contribution in [2.75, 3.05) is 26.2 Å². The number of nitrogens with one attached hydrogen (secondary N) is 1. The Morgan fingerprint density at radius 1 is 1.38 bits per heavy atom. The maximum absolute atomic E-state index is 11.6. The fraction of sp³-hybridized carbons (Fsp3) is 0.818. The van der Waals surface area contributed by atoms with E-state index in [2.05, 4.69) is 5.32 Å². The lowest BCUT2D eigenvalue weighted by atomic mass is 10.3. The van der Waals surface area contributed by atoms with E-state index in [-0.39, 0.29) is 18.4 Å². The second-order valence-electron chi connectivity index (χ2n) is 3.94. The molecule has 16 heavy (non-hydrogen) atoms. The molecule has 1 aliphatic heterocycles. The zero-order chi connectivity index (χ0) is 12.0. The lowest BCUT2D eigenvalue weighted by Crippen LogP contribution is -2.43. The Morgan fingerprint density at radius 2 is 2.00 bits per heavy atom. The highest BCUT2D eigenvalue weighted by molar-refractivity contribution is 5.80. The Morgan fingerprint density at radius 3 is 2.56 bits per heavy atom. The molecule has 5 heteroatoms. The second kappa shape index (κ2) is 6.48. The monoisotopic (exact) mass is 228 g/mol. The lowest BCUT2D eigenvalue weighted by molar-refractivity contribution is -0.145. The van der Waals surface area contributed by atoms with Gasteiger partial charge in [0.25, 0.3) is 0 Å². The third-order valence-corrected chi connectivity index (χ3v) is 2.66. The lowest BCUT2D eigenvalue weighted by Gasteiger charge is -2.17. The Hall–Kier alpha value is -1.10. The summed E-state index contributed by atoms with van der Waals surface area (Å²) >= 11 is 0. The van der Waals surface area contributed by atoms with Crippen molar-refractivity contribution in [3.63, 3.8) is 0 Å². The SMILES string of the molecule is CCOC(=O)C(C)NCC(=O)N1CCCC1. The first-order chi connectivity index (χ1) is 7.65. The van der Waals surface area contributed by atoms with E-state index in [4.69, 9.17) is 4.74 Å². The van der Waals surface area contributed by atoms with Crippen LogP contribution < -0.4 is 5.32 Å². The molecule has 1 rings (SSSR count). The van der Waals surface area contributed by atoms with E-state index in [0.29, 0.717) is 6.61 Å². The van der Waals surface area contributed by atoms with E-state index < -0.39 is 6.04 Å². The molecule has 1 atom stereocenters. The Labute approximate surface area is 96.1 Å². The molecular weight excluding hydrogens is 208 g/mol.